The Morgan fingerprint density at radius 3 is 2.84 bits per heavy atom. The van der Waals surface area contributed by atoms with Gasteiger partial charge in [-0.2, -0.15) is 0 Å². The van der Waals surface area contributed by atoms with E-state index in [4.69, 9.17) is 10.5 Å². The van der Waals surface area contributed by atoms with Gasteiger partial charge in [0.25, 0.3) is 0 Å². The zero-order chi connectivity index (χ0) is 14.0. The summed E-state index contributed by atoms with van der Waals surface area (Å²) in [5, 5.41) is 0. The summed E-state index contributed by atoms with van der Waals surface area (Å²) in [6.07, 6.45) is 0.626. The number of carbonyl (C=O) groups is 1. The maximum atomic E-state index is 11.8. The summed E-state index contributed by atoms with van der Waals surface area (Å²) in [7, 11) is 0. The highest BCUT2D eigenvalue weighted by atomic mass is 16.5. The van der Waals surface area contributed by atoms with Gasteiger partial charge in [0.05, 0.1) is 17.3 Å². The number of esters is 1. The van der Waals surface area contributed by atoms with E-state index in [0.29, 0.717) is 5.69 Å². The molecule has 0 spiro atoms. The van der Waals surface area contributed by atoms with Crippen LogP contribution in [0.2, 0.25) is 0 Å². The number of fused-ring (bicyclic) bond motifs is 1. The number of hydrogen-bond acceptors (Lipinski definition) is 4. The fraction of sp³-hybridized carbons (Fsp3) is 0.429. The van der Waals surface area contributed by atoms with E-state index in [1.807, 2.05) is 43.5 Å². The van der Waals surface area contributed by atoms with Crippen LogP contribution in [0.15, 0.2) is 18.2 Å². The molecule has 0 aliphatic carbocycles. The van der Waals surface area contributed by atoms with Gasteiger partial charge in [0, 0.05) is 6.42 Å². The van der Waals surface area contributed by atoms with Crippen molar-refractivity contribution < 1.29 is 9.53 Å². The predicted molar refractivity (Wildman–Crippen MR) is 74.8 cm³/mol. The molecule has 0 unspecified atom stereocenters. The molecule has 102 valence electrons. The highest BCUT2D eigenvalue weighted by Crippen LogP contribution is 2.22. The van der Waals surface area contributed by atoms with Crippen LogP contribution in [0.4, 0.5) is 5.69 Å². The van der Waals surface area contributed by atoms with Crippen LogP contribution in [0.5, 0.6) is 0 Å². The molecular formula is C14H19N3O2. The number of aryl methyl sites for hydroxylation is 1. The van der Waals surface area contributed by atoms with Gasteiger partial charge in [-0.05, 0) is 26.0 Å². The second-order valence-electron chi connectivity index (χ2n) is 4.72. The van der Waals surface area contributed by atoms with E-state index in [9.17, 15) is 4.79 Å². The van der Waals surface area contributed by atoms with Gasteiger partial charge in [0.15, 0.2) is 0 Å². The van der Waals surface area contributed by atoms with Crippen molar-refractivity contribution in [1.82, 2.24) is 9.55 Å². The Bertz CT molecular complexity index is 602. The van der Waals surface area contributed by atoms with Crippen molar-refractivity contribution in [3.63, 3.8) is 0 Å². The first kappa shape index (κ1) is 13.4. The number of aromatic nitrogens is 2. The van der Waals surface area contributed by atoms with Crippen LogP contribution in [0.3, 0.4) is 0 Å². The Labute approximate surface area is 112 Å². The number of carbonyl (C=O) groups excluding carboxylic acids is 1. The zero-order valence-corrected chi connectivity index (χ0v) is 11.5. The van der Waals surface area contributed by atoms with Gasteiger partial charge in [-0.25, -0.2) is 4.98 Å². The van der Waals surface area contributed by atoms with E-state index in [0.717, 1.165) is 23.3 Å². The van der Waals surface area contributed by atoms with Crippen molar-refractivity contribution in [2.24, 2.45) is 0 Å². The fourth-order valence-corrected chi connectivity index (χ4v) is 2.09. The maximum absolute atomic E-state index is 11.8. The Morgan fingerprint density at radius 1 is 1.47 bits per heavy atom. The molecule has 2 rings (SSSR count). The lowest BCUT2D eigenvalue weighted by Gasteiger charge is -2.10. The minimum absolute atomic E-state index is 0.113. The van der Waals surface area contributed by atoms with Gasteiger partial charge in [-0.15, -0.1) is 0 Å². The molecule has 0 saturated heterocycles. The van der Waals surface area contributed by atoms with Crippen molar-refractivity contribution in [1.29, 1.82) is 0 Å². The normalized spacial score (nSPS) is 11.2. The molecule has 0 radical (unpaired) electrons. The summed E-state index contributed by atoms with van der Waals surface area (Å²) < 4.78 is 7.05. The lowest BCUT2D eigenvalue weighted by atomic mass is 10.3. The molecule has 0 aliphatic heterocycles. The quantitative estimate of drug-likeness (QED) is 0.676. The number of ether oxygens (including phenoxy) is 1. The van der Waals surface area contributed by atoms with E-state index in [1.54, 1.807) is 0 Å². The van der Waals surface area contributed by atoms with Gasteiger partial charge in [0.2, 0.25) is 0 Å². The number of imidazole rings is 1. The molecule has 0 aliphatic rings. The van der Waals surface area contributed by atoms with Gasteiger partial charge in [-0.3, -0.25) is 4.79 Å². The minimum Gasteiger partial charge on any atom is -0.462 e. The van der Waals surface area contributed by atoms with Crippen LogP contribution in [-0.4, -0.2) is 21.6 Å². The van der Waals surface area contributed by atoms with Crippen LogP contribution in [-0.2, 0) is 22.5 Å². The summed E-state index contributed by atoms with van der Waals surface area (Å²) in [5.41, 5.74) is 8.16. The van der Waals surface area contributed by atoms with Gasteiger partial charge < -0.3 is 15.0 Å². The van der Waals surface area contributed by atoms with E-state index in [-0.39, 0.29) is 18.6 Å². The van der Waals surface area contributed by atoms with Crippen LogP contribution < -0.4 is 5.73 Å². The molecule has 5 heteroatoms. The van der Waals surface area contributed by atoms with E-state index >= 15 is 0 Å². The number of benzene rings is 1. The minimum atomic E-state index is -0.258. The van der Waals surface area contributed by atoms with E-state index < -0.39 is 0 Å². The summed E-state index contributed by atoms with van der Waals surface area (Å²) in [6, 6.07) is 5.59. The first-order valence-corrected chi connectivity index (χ1v) is 6.46. The molecule has 2 aromatic rings. The van der Waals surface area contributed by atoms with Crippen LogP contribution in [0.25, 0.3) is 11.0 Å². The number of nitrogen functional groups attached to an aromatic ring is 1. The SMILES string of the molecule is CCc1nc2c(N)cccc2n1CC(=O)OC(C)C. The van der Waals surface area contributed by atoms with Crippen LogP contribution in [0.1, 0.15) is 26.6 Å². The lowest BCUT2D eigenvalue weighted by Crippen LogP contribution is -2.18. The van der Waals surface area contributed by atoms with Crippen LogP contribution in [0, 0.1) is 0 Å². The molecule has 1 aromatic carbocycles. The molecule has 5 nitrogen and oxygen atoms in total. The highest BCUT2D eigenvalue weighted by molar-refractivity contribution is 5.88. The molecule has 0 fully saturated rings. The number of hydrogen-bond donors (Lipinski definition) is 1. The largest absolute Gasteiger partial charge is 0.462 e. The predicted octanol–water partition coefficient (Wildman–Crippen LogP) is 2.13. The van der Waals surface area contributed by atoms with Gasteiger partial charge in [-0.1, -0.05) is 13.0 Å². The second-order valence-corrected chi connectivity index (χ2v) is 4.72. The van der Waals surface area contributed by atoms with Crippen molar-refractivity contribution in [3.8, 4) is 0 Å². The summed E-state index contributed by atoms with van der Waals surface area (Å²) in [5.74, 6) is 0.583. The highest BCUT2D eigenvalue weighted by Gasteiger charge is 2.15. The monoisotopic (exact) mass is 261 g/mol. The summed E-state index contributed by atoms with van der Waals surface area (Å²) >= 11 is 0. The van der Waals surface area contributed by atoms with Crippen molar-refractivity contribution in [3.05, 3.63) is 24.0 Å². The standard InChI is InChI=1S/C14H19N3O2/c1-4-12-16-14-10(15)6-5-7-11(14)17(12)8-13(18)19-9(2)3/h5-7,9H,4,8,15H2,1-3H3. The summed E-state index contributed by atoms with van der Waals surface area (Å²) in [4.78, 5) is 16.3. The second kappa shape index (κ2) is 5.30. The molecule has 0 saturated carbocycles. The Morgan fingerprint density at radius 2 is 2.21 bits per heavy atom. The number of nitrogens with two attached hydrogens (primary N) is 1. The Balaban J connectivity index is 2.41. The molecule has 0 atom stereocenters. The van der Waals surface area contributed by atoms with Crippen molar-refractivity contribution in [2.75, 3.05) is 5.73 Å². The molecule has 1 aromatic heterocycles. The van der Waals surface area contributed by atoms with Crippen molar-refractivity contribution in [2.45, 2.75) is 39.8 Å². The topological polar surface area (TPSA) is 70.1 Å². The van der Waals surface area contributed by atoms with E-state index in [2.05, 4.69) is 4.98 Å². The fourth-order valence-electron chi connectivity index (χ4n) is 2.09. The third-order valence-corrected chi connectivity index (χ3v) is 2.86. The Hall–Kier alpha value is -2.04. The first-order chi connectivity index (χ1) is 9.02. The molecule has 0 bridgehead atoms. The zero-order valence-electron chi connectivity index (χ0n) is 11.5. The number of para-hydroxylation sites is 1. The van der Waals surface area contributed by atoms with Crippen LogP contribution >= 0.6 is 0 Å². The first-order valence-electron chi connectivity index (χ1n) is 6.46. The molecule has 1 heterocycles. The lowest BCUT2D eigenvalue weighted by molar-refractivity contribution is -0.148. The molecule has 2 N–H and O–H groups in total. The Kier molecular flexibility index (Phi) is 3.74. The molecule has 0 amide bonds. The molecular weight excluding hydrogens is 242 g/mol. The summed E-state index contributed by atoms with van der Waals surface area (Å²) in [6.45, 7) is 5.84. The third kappa shape index (κ3) is 2.70. The average molecular weight is 261 g/mol. The average Bonchev–Trinajstić information content (AvgIpc) is 2.68. The van der Waals surface area contributed by atoms with E-state index in [1.165, 1.54) is 0 Å². The maximum Gasteiger partial charge on any atom is 0.326 e. The third-order valence-electron chi connectivity index (χ3n) is 2.86. The number of anilines is 1. The van der Waals surface area contributed by atoms with Crippen molar-refractivity contribution >= 4 is 22.7 Å². The number of rotatable bonds is 4. The molecule has 19 heavy (non-hydrogen) atoms. The smallest absolute Gasteiger partial charge is 0.326 e. The van der Waals surface area contributed by atoms with Gasteiger partial charge in [0.1, 0.15) is 17.9 Å². The van der Waals surface area contributed by atoms with Gasteiger partial charge >= 0.3 is 5.97 Å². The number of nitrogens with zero attached hydrogens (tertiary/aromatic N) is 2.